The van der Waals surface area contributed by atoms with Gasteiger partial charge in [-0.3, -0.25) is 4.68 Å². The number of anilines is 2. The first-order chi connectivity index (χ1) is 10.1. The van der Waals surface area contributed by atoms with Gasteiger partial charge in [0, 0.05) is 38.3 Å². The third kappa shape index (κ3) is 3.17. The zero-order valence-electron chi connectivity index (χ0n) is 12.8. The van der Waals surface area contributed by atoms with E-state index >= 15 is 0 Å². The van der Waals surface area contributed by atoms with E-state index in [-0.39, 0.29) is 5.92 Å². The summed E-state index contributed by atoms with van der Waals surface area (Å²) in [6.07, 6.45) is 6.20. The molecule has 1 atom stereocenters. The van der Waals surface area contributed by atoms with Crippen LogP contribution >= 0.6 is 0 Å². The molecule has 0 unspecified atom stereocenters. The summed E-state index contributed by atoms with van der Waals surface area (Å²) in [5.74, 6) is 1.03. The van der Waals surface area contributed by atoms with Crippen molar-refractivity contribution < 1.29 is 4.52 Å². The number of nitrogens with one attached hydrogen (secondary N) is 1. The molecule has 0 saturated carbocycles. The van der Waals surface area contributed by atoms with Gasteiger partial charge in [-0.15, -0.1) is 0 Å². The summed E-state index contributed by atoms with van der Waals surface area (Å²) in [6, 6.07) is 0.844. The first kappa shape index (κ1) is 13.9. The van der Waals surface area contributed by atoms with Crippen LogP contribution in [-0.4, -0.2) is 39.1 Å². The van der Waals surface area contributed by atoms with Crippen molar-refractivity contribution in [2.24, 2.45) is 7.05 Å². The van der Waals surface area contributed by atoms with Crippen molar-refractivity contribution in [1.29, 1.82) is 0 Å². The van der Waals surface area contributed by atoms with Crippen LogP contribution in [0.4, 0.5) is 11.7 Å². The normalized spacial score (nSPS) is 19.2. The van der Waals surface area contributed by atoms with Gasteiger partial charge in [0.25, 0.3) is 0 Å². The number of piperidine rings is 1. The molecule has 3 rings (SSSR count). The zero-order chi connectivity index (χ0) is 14.8. The third-order valence-electron chi connectivity index (χ3n) is 3.76. The Balaban J connectivity index is 1.63. The van der Waals surface area contributed by atoms with Crippen molar-refractivity contribution in [2.45, 2.75) is 38.6 Å². The molecule has 0 amide bonds. The second-order valence-corrected chi connectivity index (χ2v) is 5.91. The van der Waals surface area contributed by atoms with Crippen LogP contribution in [0.25, 0.3) is 0 Å². The highest BCUT2D eigenvalue weighted by atomic mass is 16.5. The van der Waals surface area contributed by atoms with E-state index in [1.54, 1.807) is 0 Å². The highest BCUT2D eigenvalue weighted by molar-refractivity contribution is 5.43. The Labute approximate surface area is 124 Å². The highest BCUT2D eigenvalue weighted by Gasteiger charge is 2.22. The maximum absolute atomic E-state index is 5.27. The molecular weight excluding hydrogens is 268 g/mol. The predicted molar refractivity (Wildman–Crippen MR) is 80.5 cm³/mol. The lowest BCUT2D eigenvalue weighted by molar-refractivity contribution is 0.409. The van der Waals surface area contributed by atoms with Crippen LogP contribution in [0.1, 0.15) is 38.4 Å². The number of aryl methyl sites for hydroxylation is 1. The molecule has 0 bridgehead atoms. The minimum absolute atomic E-state index is 0.280. The van der Waals surface area contributed by atoms with Crippen molar-refractivity contribution in [3.63, 3.8) is 0 Å². The van der Waals surface area contributed by atoms with Gasteiger partial charge in [-0.25, -0.2) is 0 Å². The van der Waals surface area contributed by atoms with Crippen LogP contribution in [0, 0.1) is 0 Å². The summed E-state index contributed by atoms with van der Waals surface area (Å²) in [6.45, 7) is 6.09. The van der Waals surface area contributed by atoms with E-state index < -0.39 is 0 Å². The quantitative estimate of drug-likeness (QED) is 0.928. The van der Waals surface area contributed by atoms with Gasteiger partial charge in [0.1, 0.15) is 0 Å². The van der Waals surface area contributed by atoms with Crippen molar-refractivity contribution >= 4 is 11.7 Å². The van der Waals surface area contributed by atoms with E-state index in [1.165, 1.54) is 0 Å². The standard InChI is InChI=1S/C14H22N6O/c1-10(2)13-17-14(21-18-13)16-11-5-4-6-20(8-11)12-7-15-19(3)9-12/h7,9-11H,4-6,8H2,1-3H3,(H,16,17,18)/t11-/m1/s1. The van der Waals surface area contributed by atoms with Gasteiger partial charge in [0.05, 0.1) is 11.9 Å². The Kier molecular flexibility index (Phi) is 3.81. The molecule has 1 saturated heterocycles. The smallest absolute Gasteiger partial charge is 0.321 e. The highest BCUT2D eigenvalue weighted by Crippen LogP contribution is 2.21. The van der Waals surface area contributed by atoms with E-state index in [9.17, 15) is 0 Å². The summed E-state index contributed by atoms with van der Waals surface area (Å²) in [4.78, 5) is 6.72. The van der Waals surface area contributed by atoms with Gasteiger partial charge in [-0.2, -0.15) is 10.1 Å². The van der Waals surface area contributed by atoms with Crippen LogP contribution < -0.4 is 10.2 Å². The molecule has 1 N–H and O–H groups in total. The fourth-order valence-corrected chi connectivity index (χ4v) is 2.60. The van der Waals surface area contributed by atoms with E-state index in [1.807, 2.05) is 24.1 Å². The molecule has 0 aliphatic carbocycles. The lowest BCUT2D eigenvalue weighted by Gasteiger charge is -2.33. The molecule has 7 heteroatoms. The van der Waals surface area contributed by atoms with E-state index in [4.69, 9.17) is 4.52 Å². The largest absolute Gasteiger partial charge is 0.367 e. The minimum atomic E-state index is 0.280. The molecule has 2 aromatic rings. The summed E-state index contributed by atoms with van der Waals surface area (Å²) in [5.41, 5.74) is 1.16. The Morgan fingerprint density at radius 2 is 2.29 bits per heavy atom. The molecule has 114 valence electrons. The van der Waals surface area contributed by atoms with Crippen LogP contribution in [0.5, 0.6) is 0 Å². The molecular formula is C14H22N6O. The summed E-state index contributed by atoms with van der Waals surface area (Å²) in [5, 5.41) is 11.6. The first-order valence-corrected chi connectivity index (χ1v) is 7.45. The monoisotopic (exact) mass is 290 g/mol. The molecule has 0 aromatic carbocycles. The molecule has 2 aromatic heterocycles. The predicted octanol–water partition coefficient (Wildman–Crippen LogP) is 2.01. The van der Waals surface area contributed by atoms with E-state index in [0.717, 1.165) is 37.4 Å². The molecule has 7 nitrogen and oxygen atoms in total. The molecule has 3 heterocycles. The number of aromatic nitrogens is 4. The Morgan fingerprint density at radius 1 is 1.43 bits per heavy atom. The number of rotatable bonds is 4. The first-order valence-electron chi connectivity index (χ1n) is 7.45. The van der Waals surface area contributed by atoms with Gasteiger partial charge in [0.2, 0.25) is 0 Å². The van der Waals surface area contributed by atoms with Crippen LogP contribution in [0.3, 0.4) is 0 Å². The number of hydrogen-bond acceptors (Lipinski definition) is 6. The minimum Gasteiger partial charge on any atom is -0.367 e. The summed E-state index contributed by atoms with van der Waals surface area (Å²) < 4.78 is 7.10. The Bertz CT molecular complexity index is 590. The maximum Gasteiger partial charge on any atom is 0.321 e. The summed E-state index contributed by atoms with van der Waals surface area (Å²) in [7, 11) is 1.94. The zero-order valence-corrected chi connectivity index (χ0v) is 12.8. The summed E-state index contributed by atoms with van der Waals surface area (Å²) >= 11 is 0. The molecule has 0 radical (unpaired) electrons. The van der Waals surface area contributed by atoms with Crippen LogP contribution in [-0.2, 0) is 7.05 Å². The Morgan fingerprint density at radius 3 is 2.95 bits per heavy atom. The molecule has 1 aliphatic rings. The fraction of sp³-hybridized carbons (Fsp3) is 0.643. The van der Waals surface area contributed by atoms with Crippen molar-refractivity contribution in [3.05, 3.63) is 18.2 Å². The van der Waals surface area contributed by atoms with Crippen molar-refractivity contribution in [2.75, 3.05) is 23.3 Å². The number of nitrogens with zero attached hydrogens (tertiary/aromatic N) is 5. The molecule has 21 heavy (non-hydrogen) atoms. The topological polar surface area (TPSA) is 72.0 Å². The van der Waals surface area contributed by atoms with Gasteiger partial charge in [-0.1, -0.05) is 19.0 Å². The van der Waals surface area contributed by atoms with Gasteiger partial charge in [0.15, 0.2) is 5.82 Å². The van der Waals surface area contributed by atoms with Gasteiger partial charge < -0.3 is 14.7 Å². The lowest BCUT2D eigenvalue weighted by Crippen LogP contribution is -2.42. The average Bonchev–Trinajstić information content (AvgIpc) is 3.08. The second kappa shape index (κ2) is 5.75. The number of hydrogen-bond donors (Lipinski definition) is 1. The van der Waals surface area contributed by atoms with Crippen molar-refractivity contribution in [1.82, 2.24) is 19.9 Å². The molecule has 1 fully saturated rings. The Hall–Kier alpha value is -2.05. The lowest BCUT2D eigenvalue weighted by atomic mass is 10.1. The second-order valence-electron chi connectivity index (χ2n) is 5.91. The van der Waals surface area contributed by atoms with Crippen LogP contribution in [0.15, 0.2) is 16.9 Å². The van der Waals surface area contributed by atoms with Crippen molar-refractivity contribution in [3.8, 4) is 0 Å². The van der Waals surface area contributed by atoms with Gasteiger partial charge >= 0.3 is 6.01 Å². The third-order valence-corrected chi connectivity index (χ3v) is 3.76. The van der Waals surface area contributed by atoms with E-state index in [0.29, 0.717) is 12.1 Å². The van der Waals surface area contributed by atoms with E-state index in [2.05, 4.69) is 39.3 Å². The van der Waals surface area contributed by atoms with Gasteiger partial charge in [-0.05, 0) is 12.8 Å². The SMILES string of the molecule is CC(C)c1noc(N[C@@H]2CCCN(c3cnn(C)c3)C2)n1. The van der Waals surface area contributed by atoms with Crippen LogP contribution in [0.2, 0.25) is 0 Å². The molecule has 0 spiro atoms. The average molecular weight is 290 g/mol. The molecule has 1 aliphatic heterocycles. The fourth-order valence-electron chi connectivity index (χ4n) is 2.60. The maximum atomic E-state index is 5.27.